The lowest BCUT2D eigenvalue weighted by Crippen LogP contribution is -2.61. The Morgan fingerprint density at radius 3 is 2.47 bits per heavy atom. The summed E-state index contributed by atoms with van der Waals surface area (Å²) in [5, 5.41) is 3.07. The maximum absolute atomic E-state index is 11.7. The van der Waals surface area contributed by atoms with Crippen molar-refractivity contribution in [3.05, 3.63) is 0 Å². The normalized spacial score (nSPS) is 27.9. The molecule has 0 aromatic rings. The Morgan fingerprint density at radius 1 is 1.35 bits per heavy atom. The van der Waals surface area contributed by atoms with Crippen LogP contribution in [0.1, 0.15) is 27.2 Å². The molecule has 1 saturated carbocycles. The molecule has 1 fully saturated rings. The summed E-state index contributed by atoms with van der Waals surface area (Å²) in [4.78, 5) is 0. The number of alkyl halides is 3. The molecule has 1 N–H and O–H groups in total. The van der Waals surface area contributed by atoms with Gasteiger partial charge in [0.1, 0.15) is 0 Å². The maximum atomic E-state index is 11.7. The van der Waals surface area contributed by atoms with Crippen LogP contribution in [0.5, 0.6) is 0 Å². The SMILES string of the molecule is CCOC1CC(NCCOC(F)(F)F)C1(C)C. The van der Waals surface area contributed by atoms with E-state index in [0.29, 0.717) is 6.61 Å². The predicted octanol–water partition coefficient (Wildman–Crippen LogP) is 2.32. The van der Waals surface area contributed by atoms with Crippen LogP contribution in [0.15, 0.2) is 0 Å². The second-order valence-corrected chi connectivity index (χ2v) is 4.80. The first kappa shape index (κ1) is 14.7. The molecule has 1 aliphatic carbocycles. The Hall–Kier alpha value is -0.330. The van der Waals surface area contributed by atoms with E-state index in [4.69, 9.17) is 4.74 Å². The zero-order valence-corrected chi connectivity index (χ0v) is 10.4. The van der Waals surface area contributed by atoms with Gasteiger partial charge in [0.05, 0.1) is 12.7 Å². The second-order valence-electron chi connectivity index (χ2n) is 4.80. The highest BCUT2D eigenvalue weighted by Crippen LogP contribution is 2.42. The van der Waals surface area contributed by atoms with Crippen LogP contribution in [0.25, 0.3) is 0 Å². The van der Waals surface area contributed by atoms with Gasteiger partial charge in [-0.1, -0.05) is 13.8 Å². The molecular formula is C11H20F3NO2. The summed E-state index contributed by atoms with van der Waals surface area (Å²) in [5.41, 5.74) is -0.0335. The first-order valence-electron chi connectivity index (χ1n) is 5.83. The Labute approximate surface area is 99.7 Å². The smallest absolute Gasteiger partial charge is 0.378 e. The lowest BCUT2D eigenvalue weighted by atomic mass is 9.64. The summed E-state index contributed by atoms with van der Waals surface area (Å²) in [6.45, 7) is 6.56. The van der Waals surface area contributed by atoms with Crippen LogP contribution >= 0.6 is 0 Å². The molecule has 1 aliphatic rings. The number of halogens is 3. The molecule has 3 nitrogen and oxygen atoms in total. The van der Waals surface area contributed by atoms with Gasteiger partial charge in [0.25, 0.3) is 0 Å². The van der Waals surface area contributed by atoms with Crippen molar-refractivity contribution in [2.45, 2.75) is 45.7 Å². The average molecular weight is 255 g/mol. The van der Waals surface area contributed by atoms with Gasteiger partial charge in [-0.05, 0) is 13.3 Å². The fourth-order valence-corrected chi connectivity index (χ4v) is 2.12. The Bertz CT molecular complexity index is 243. The van der Waals surface area contributed by atoms with Crippen LogP contribution in [0, 0.1) is 5.41 Å². The van der Waals surface area contributed by atoms with E-state index in [9.17, 15) is 13.2 Å². The van der Waals surface area contributed by atoms with Crippen LogP contribution in [-0.2, 0) is 9.47 Å². The van der Waals surface area contributed by atoms with E-state index in [0.717, 1.165) is 6.42 Å². The predicted molar refractivity (Wildman–Crippen MR) is 57.6 cm³/mol. The molecular weight excluding hydrogens is 235 g/mol. The maximum Gasteiger partial charge on any atom is 0.522 e. The van der Waals surface area contributed by atoms with Gasteiger partial charge in [0.15, 0.2) is 0 Å². The highest BCUT2D eigenvalue weighted by atomic mass is 19.4. The summed E-state index contributed by atoms with van der Waals surface area (Å²) in [6, 6.07) is 0.191. The van der Waals surface area contributed by atoms with Crippen LogP contribution in [-0.4, -0.2) is 38.3 Å². The topological polar surface area (TPSA) is 30.5 Å². The molecule has 0 radical (unpaired) electrons. The molecule has 0 heterocycles. The summed E-state index contributed by atoms with van der Waals surface area (Å²) in [6.07, 6.45) is -3.51. The molecule has 2 atom stereocenters. The summed E-state index contributed by atoms with van der Waals surface area (Å²) >= 11 is 0. The molecule has 0 bridgehead atoms. The van der Waals surface area contributed by atoms with Crippen LogP contribution in [0.3, 0.4) is 0 Å². The van der Waals surface area contributed by atoms with Gasteiger partial charge in [-0.15, -0.1) is 13.2 Å². The minimum Gasteiger partial charge on any atom is -0.378 e. The fourth-order valence-electron chi connectivity index (χ4n) is 2.12. The van der Waals surface area contributed by atoms with E-state index in [1.54, 1.807) is 0 Å². The van der Waals surface area contributed by atoms with Crippen LogP contribution < -0.4 is 5.32 Å². The molecule has 102 valence electrons. The molecule has 2 unspecified atom stereocenters. The van der Waals surface area contributed by atoms with Gasteiger partial charge in [-0.2, -0.15) is 0 Å². The third kappa shape index (κ3) is 4.12. The third-order valence-corrected chi connectivity index (χ3v) is 3.30. The zero-order chi connectivity index (χ0) is 13.1. The molecule has 6 heteroatoms. The molecule has 0 aromatic carbocycles. The Kier molecular flexibility index (Phi) is 4.80. The molecule has 0 amide bonds. The minimum atomic E-state index is -4.54. The molecule has 0 aromatic heterocycles. The molecule has 0 spiro atoms. The lowest BCUT2D eigenvalue weighted by molar-refractivity contribution is -0.323. The van der Waals surface area contributed by atoms with E-state index in [2.05, 4.69) is 23.9 Å². The lowest BCUT2D eigenvalue weighted by Gasteiger charge is -2.52. The summed E-state index contributed by atoms with van der Waals surface area (Å²) in [5.74, 6) is 0. The third-order valence-electron chi connectivity index (χ3n) is 3.30. The van der Waals surface area contributed by atoms with Crippen molar-refractivity contribution in [2.75, 3.05) is 19.8 Å². The molecule has 0 saturated heterocycles. The van der Waals surface area contributed by atoms with Gasteiger partial charge in [-0.3, -0.25) is 4.74 Å². The van der Waals surface area contributed by atoms with Crippen molar-refractivity contribution < 1.29 is 22.6 Å². The monoisotopic (exact) mass is 255 g/mol. The number of ether oxygens (including phenoxy) is 2. The van der Waals surface area contributed by atoms with Crippen molar-refractivity contribution in [3.63, 3.8) is 0 Å². The zero-order valence-electron chi connectivity index (χ0n) is 10.4. The van der Waals surface area contributed by atoms with Crippen molar-refractivity contribution in [1.29, 1.82) is 0 Å². The van der Waals surface area contributed by atoms with Crippen LogP contribution in [0.2, 0.25) is 0 Å². The van der Waals surface area contributed by atoms with Gasteiger partial charge >= 0.3 is 6.36 Å². The minimum absolute atomic E-state index is 0.0335. The Balaban J connectivity index is 2.18. The summed E-state index contributed by atoms with van der Waals surface area (Å²) in [7, 11) is 0. The van der Waals surface area contributed by atoms with Crippen molar-refractivity contribution in [2.24, 2.45) is 5.41 Å². The van der Waals surface area contributed by atoms with E-state index in [1.807, 2.05) is 6.92 Å². The van der Waals surface area contributed by atoms with Gasteiger partial charge in [0.2, 0.25) is 0 Å². The highest BCUT2D eigenvalue weighted by Gasteiger charge is 2.48. The van der Waals surface area contributed by atoms with Gasteiger partial charge < -0.3 is 10.1 Å². The quantitative estimate of drug-likeness (QED) is 0.739. The first-order chi connectivity index (χ1) is 7.77. The molecule has 1 rings (SSSR count). The van der Waals surface area contributed by atoms with Gasteiger partial charge in [0, 0.05) is 24.6 Å². The van der Waals surface area contributed by atoms with E-state index < -0.39 is 6.36 Å². The number of nitrogens with one attached hydrogen (secondary N) is 1. The highest BCUT2D eigenvalue weighted by molar-refractivity contribution is 5.02. The second kappa shape index (κ2) is 5.54. The average Bonchev–Trinajstić information content (AvgIpc) is 2.19. The van der Waals surface area contributed by atoms with E-state index in [1.165, 1.54) is 0 Å². The standard InChI is InChI=1S/C11H20F3NO2/c1-4-16-9-7-8(10(9,2)3)15-5-6-17-11(12,13)14/h8-9,15H,4-7H2,1-3H3. The largest absolute Gasteiger partial charge is 0.522 e. The van der Waals surface area contributed by atoms with Crippen molar-refractivity contribution in [3.8, 4) is 0 Å². The van der Waals surface area contributed by atoms with E-state index in [-0.39, 0.29) is 30.7 Å². The molecule has 17 heavy (non-hydrogen) atoms. The number of hydrogen-bond acceptors (Lipinski definition) is 3. The Morgan fingerprint density at radius 2 is 2.00 bits per heavy atom. The van der Waals surface area contributed by atoms with E-state index >= 15 is 0 Å². The summed E-state index contributed by atoms with van der Waals surface area (Å²) < 4.78 is 44.4. The van der Waals surface area contributed by atoms with Gasteiger partial charge in [-0.25, -0.2) is 0 Å². The van der Waals surface area contributed by atoms with Crippen molar-refractivity contribution >= 4 is 0 Å². The molecule has 0 aliphatic heterocycles. The number of hydrogen-bond donors (Lipinski definition) is 1. The fraction of sp³-hybridized carbons (Fsp3) is 1.00. The first-order valence-corrected chi connectivity index (χ1v) is 5.83. The van der Waals surface area contributed by atoms with Crippen molar-refractivity contribution in [1.82, 2.24) is 5.32 Å². The van der Waals surface area contributed by atoms with Crippen LogP contribution in [0.4, 0.5) is 13.2 Å². The number of rotatable bonds is 6.